The first-order chi connectivity index (χ1) is 16.1. The van der Waals surface area contributed by atoms with Crippen LogP contribution in [0.4, 0.5) is 0 Å². The second kappa shape index (κ2) is 19.8. The van der Waals surface area contributed by atoms with Crippen molar-refractivity contribution in [2.75, 3.05) is 105 Å². The van der Waals surface area contributed by atoms with Gasteiger partial charge in [-0.3, -0.25) is 29.2 Å². The van der Waals surface area contributed by atoms with E-state index in [1.165, 1.54) is 9.80 Å². The Labute approximate surface area is 199 Å². The van der Waals surface area contributed by atoms with Gasteiger partial charge in [0.25, 0.3) is 0 Å². The van der Waals surface area contributed by atoms with E-state index in [1.54, 1.807) is 9.80 Å². The van der Waals surface area contributed by atoms with E-state index in [1.807, 2.05) is 0 Å². The number of carbonyl (C=O) groups is 2. The molecule has 0 heterocycles. The molecule has 2 unspecified atom stereocenters. The predicted molar refractivity (Wildman–Crippen MR) is 121 cm³/mol. The standard InChI is InChI=1S/C20H42N4O10/c25-7-3-21(4-8-26)11-17(29)13-23(15-19(31)32)1-2-24(16-20(33)34)14-18(30)12-22(5-9-27)6-10-28/h17-18,25-30H,1-16H2,(H,31,32)(H,33,34). The van der Waals surface area contributed by atoms with Gasteiger partial charge in [0.05, 0.1) is 51.7 Å². The molecule has 0 saturated heterocycles. The van der Waals surface area contributed by atoms with Crippen LogP contribution in [0, 0.1) is 0 Å². The fourth-order valence-electron chi connectivity index (χ4n) is 3.60. The summed E-state index contributed by atoms with van der Waals surface area (Å²) in [6, 6.07) is 0. The Balaban J connectivity index is 5.01. The van der Waals surface area contributed by atoms with Gasteiger partial charge in [-0.25, -0.2) is 0 Å². The van der Waals surface area contributed by atoms with E-state index in [4.69, 9.17) is 20.4 Å². The molecule has 0 aromatic carbocycles. The minimum absolute atomic E-state index is 0.0239. The predicted octanol–water partition coefficient (Wildman–Crippen LogP) is -4.95. The first-order valence-corrected chi connectivity index (χ1v) is 11.3. The van der Waals surface area contributed by atoms with Crippen molar-refractivity contribution in [1.82, 2.24) is 19.6 Å². The van der Waals surface area contributed by atoms with Crippen molar-refractivity contribution in [2.24, 2.45) is 0 Å². The van der Waals surface area contributed by atoms with Gasteiger partial charge in [0.2, 0.25) is 0 Å². The van der Waals surface area contributed by atoms with Crippen molar-refractivity contribution in [2.45, 2.75) is 12.2 Å². The van der Waals surface area contributed by atoms with E-state index in [-0.39, 0.29) is 105 Å². The molecule has 14 nitrogen and oxygen atoms in total. The van der Waals surface area contributed by atoms with Gasteiger partial charge in [0.1, 0.15) is 0 Å². The van der Waals surface area contributed by atoms with Crippen molar-refractivity contribution >= 4 is 11.9 Å². The Bertz CT molecular complexity index is 487. The third-order valence-corrected chi connectivity index (χ3v) is 4.99. The second-order valence-corrected chi connectivity index (χ2v) is 8.06. The van der Waals surface area contributed by atoms with Crippen molar-refractivity contribution in [3.05, 3.63) is 0 Å². The Kier molecular flexibility index (Phi) is 19.0. The van der Waals surface area contributed by atoms with Crippen LogP contribution in [-0.4, -0.2) is 190 Å². The number of hydrogen-bond donors (Lipinski definition) is 8. The van der Waals surface area contributed by atoms with Gasteiger partial charge in [-0.1, -0.05) is 0 Å². The monoisotopic (exact) mass is 498 g/mol. The first-order valence-electron chi connectivity index (χ1n) is 11.3. The minimum Gasteiger partial charge on any atom is -0.480 e. The molecule has 2 atom stereocenters. The number of aliphatic hydroxyl groups excluding tert-OH is 6. The SMILES string of the molecule is O=C(O)CN(CCN(CC(=O)O)CC(O)CN(CCO)CCO)CC(O)CN(CCO)CCO. The lowest BCUT2D eigenvalue weighted by atomic mass is 10.2. The fourth-order valence-corrected chi connectivity index (χ4v) is 3.60. The Hall–Kier alpha value is -1.46. The number of aliphatic hydroxyl groups is 6. The van der Waals surface area contributed by atoms with E-state index in [0.717, 1.165) is 0 Å². The molecular weight excluding hydrogens is 456 g/mol. The van der Waals surface area contributed by atoms with Gasteiger partial charge in [0, 0.05) is 65.4 Å². The van der Waals surface area contributed by atoms with Crippen LogP contribution in [0.5, 0.6) is 0 Å². The highest BCUT2D eigenvalue weighted by molar-refractivity contribution is 5.69. The molecular formula is C20H42N4O10. The minimum atomic E-state index is -1.12. The number of aliphatic carboxylic acids is 2. The number of carboxylic acid groups (broad SMARTS) is 2. The van der Waals surface area contributed by atoms with E-state index in [2.05, 4.69) is 0 Å². The molecule has 0 aliphatic carbocycles. The van der Waals surface area contributed by atoms with Crippen LogP contribution in [0.3, 0.4) is 0 Å². The third-order valence-electron chi connectivity index (χ3n) is 4.99. The summed E-state index contributed by atoms with van der Waals surface area (Å²) in [7, 11) is 0. The summed E-state index contributed by atoms with van der Waals surface area (Å²) in [6.45, 7) is -0.0578. The van der Waals surface area contributed by atoms with Gasteiger partial charge in [-0.15, -0.1) is 0 Å². The molecule has 0 aromatic rings. The zero-order valence-corrected chi connectivity index (χ0v) is 19.7. The smallest absolute Gasteiger partial charge is 0.317 e. The number of rotatable bonds is 23. The highest BCUT2D eigenvalue weighted by atomic mass is 16.4. The Morgan fingerprint density at radius 1 is 0.500 bits per heavy atom. The molecule has 0 amide bonds. The summed E-state index contributed by atoms with van der Waals surface area (Å²) >= 11 is 0. The van der Waals surface area contributed by atoms with Crippen LogP contribution in [0.1, 0.15) is 0 Å². The number of hydrogen-bond acceptors (Lipinski definition) is 12. The average molecular weight is 499 g/mol. The number of carboxylic acids is 2. The molecule has 0 saturated carbocycles. The van der Waals surface area contributed by atoms with E-state index in [0.29, 0.717) is 0 Å². The van der Waals surface area contributed by atoms with Crippen LogP contribution in [0.2, 0.25) is 0 Å². The van der Waals surface area contributed by atoms with Gasteiger partial charge < -0.3 is 40.9 Å². The van der Waals surface area contributed by atoms with Gasteiger partial charge in [-0.05, 0) is 0 Å². The molecule has 0 aliphatic heterocycles. The topological polar surface area (TPSA) is 209 Å². The summed E-state index contributed by atoms with van der Waals surface area (Å²) in [4.78, 5) is 28.7. The molecule has 0 spiro atoms. The van der Waals surface area contributed by atoms with Crippen molar-refractivity contribution in [3.63, 3.8) is 0 Å². The lowest BCUT2D eigenvalue weighted by Gasteiger charge is -2.31. The highest BCUT2D eigenvalue weighted by Gasteiger charge is 2.21. The maximum Gasteiger partial charge on any atom is 0.317 e. The second-order valence-electron chi connectivity index (χ2n) is 8.06. The van der Waals surface area contributed by atoms with Crippen LogP contribution in [0.15, 0.2) is 0 Å². The van der Waals surface area contributed by atoms with Crippen LogP contribution < -0.4 is 0 Å². The third kappa shape index (κ3) is 17.0. The largest absolute Gasteiger partial charge is 0.480 e. The van der Waals surface area contributed by atoms with Crippen molar-refractivity contribution < 1.29 is 50.4 Å². The van der Waals surface area contributed by atoms with E-state index < -0.39 is 24.1 Å². The molecule has 202 valence electrons. The summed E-state index contributed by atoms with van der Waals surface area (Å²) in [6.07, 6.45) is -1.94. The molecule has 0 aliphatic rings. The normalized spacial score (nSPS) is 13.8. The zero-order valence-electron chi connectivity index (χ0n) is 19.7. The van der Waals surface area contributed by atoms with Crippen LogP contribution >= 0.6 is 0 Å². The molecule has 0 rings (SSSR count). The van der Waals surface area contributed by atoms with E-state index in [9.17, 15) is 30.0 Å². The van der Waals surface area contributed by atoms with E-state index >= 15 is 0 Å². The molecule has 0 fully saturated rings. The Morgan fingerprint density at radius 2 is 0.765 bits per heavy atom. The lowest BCUT2D eigenvalue weighted by molar-refractivity contribution is -0.140. The quantitative estimate of drug-likeness (QED) is 0.0664. The molecule has 34 heavy (non-hydrogen) atoms. The summed E-state index contributed by atoms with van der Waals surface area (Å²) in [5.74, 6) is -2.24. The van der Waals surface area contributed by atoms with Gasteiger partial charge in [0.15, 0.2) is 0 Å². The van der Waals surface area contributed by atoms with Crippen LogP contribution in [-0.2, 0) is 9.59 Å². The van der Waals surface area contributed by atoms with Crippen LogP contribution in [0.25, 0.3) is 0 Å². The fraction of sp³-hybridized carbons (Fsp3) is 0.900. The van der Waals surface area contributed by atoms with Crippen molar-refractivity contribution in [1.29, 1.82) is 0 Å². The zero-order chi connectivity index (χ0) is 25.9. The molecule has 8 N–H and O–H groups in total. The summed E-state index contributed by atoms with van der Waals surface area (Å²) < 4.78 is 0. The average Bonchev–Trinajstić information content (AvgIpc) is 2.71. The highest BCUT2D eigenvalue weighted by Crippen LogP contribution is 2.02. The Morgan fingerprint density at radius 3 is 1.00 bits per heavy atom. The molecule has 0 bridgehead atoms. The first kappa shape index (κ1) is 32.5. The van der Waals surface area contributed by atoms with Gasteiger partial charge >= 0.3 is 11.9 Å². The molecule has 0 aromatic heterocycles. The summed E-state index contributed by atoms with van der Waals surface area (Å²) in [5.41, 5.74) is 0. The summed E-state index contributed by atoms with van der Waals surface area (Å²) in [5, 5.41) is 75.5. The number of nitrogens with zero attached hydrogens (tertiary/aromatic N) is 4. The van der Waals surface area contributed by atoms with Gasteiger partial charge in [-0.2, -0.15) is 0 Å². The maximum absolute atomic E-state index is 11.3. The molecule has 14 heteroatoms. The molecule has 0 radical (unpaired) electrons. The van der Waals surface area contributed by atoms with Crippen molar-refractivity contribution in [3.8, 4) is 0 Å². The maximum atomic E-state index is 11.3. The lowest BCUT2D eigenvalue weighted by Crippen LogP contribution is -2.48.